The van der Waals surface area contributed by atoms with Crippen molar-refractivity contribution in [2.45, 2.75) is 55.4 Å². The first-order valence-electron chi connectivity index (χ1n) is 13.8. The fourth-order valence-corrected chi connectivity index (χ4v) is 6.09. The van der Waals surface area contributed by atoms with Crippen LogP contribution in [0, 0.1) is 0 Å². The first-order chi connectivity index (χ1) is 20.5. The fraction of sp³-hybridized carbons (Fsp3) is 0.273. The van der Waals surface area contributed by atoms with Crippen LogP contribution in [0.4, 0.5) is 0 Å². The molecule has 42 heavy (non-hydrogen) atoms. The molecule has 220 valence electrons. The average Bonchev–Trinajstić information content (AvgIpc) is 3.03. The molecule has 9 heteroatoms. The van der Waals surface area contributed by atoms with Gasteiger partial charge in [0.15, 0.2) is 6.29 Å². The Bertz CT molecular complexity index is 1460. The highest BCUT2D eigenvalue weighted by Gasteiger charge is 2.48. The van der Waals surface area contributed by atoms with Gasteiger partial charge in [-0.3, -0.25) is 0 Å². The molecular weight excluding hydrogens is 554 g/mol. The lowest BCUT2D eigenvalue weighted by Gasteiger charge is -2.44. The van der Waals surface area contributed by atoms with Crippen molar-refractivity contribution in [1.29, 1.82) is 0 Å². The second-order valence-electron chi connectivity index (χ2n) is 10.0. The van der Waals surface area contributed by atoms with Crippen LogP contribution in [0.2, 0.25) is 0 Å². The summed E-state index contributed by atoms with van der Waals surface area (Å²) in [4.78, 5) is 0.0640. The van der Waals surface area contributed by atoms with Gasteiger partial charge in [0, 0.05) is 0 Å². The summed E-state index contributed by atoms with van der Waals surface area (Å²) in [6.07, 6.45) is -3.96. The van der Waals surface area contributed by atoms with Crippen molar-refractivity contribution in [1.82, 2.24) is 4.72 Å². The molecule has 0 unspecified atom stereocenters. The molecule has 1 fully saturated rings. The molecular formula is C33H35NO7S. The number of ether oxygens (including phenoxy) is 4. The van der Waals surface area contributed by atoms with Crippen molar-refractivity contribution in [3.8, 4) is 0 Å². The monoisotopic (exact) mass is 589 g/mol. The van der Waals surface area contributed by atoms with Gasteiger partial charge in [-0.2, -0.15) is 0 Å². The predicted molar refractivity (Wildman–Crippen MR) is 158 cm³/mol. The molecule has 0 bridgehead atoms. The summed E-state index contributed by atoms with van der Waals surface area (Å²) in [5.74, 6) is 0. The smallest absolute Gasteiger partial charge is 0.241 e. The lowest BCUT2D eigenvalue weighted by atomic mass is 9.97. The summed E-state index contributed by atoms with van der Waals surface area (Å²) < 4.78 is 54.1. The number of aliphatic hydroxyl groups is 1. The van der Waals surface area contributed by atoms with E-state index in [4.69, 9.17) is 18.9 Å². The van der Waals surface area contributed by atoms with Crippen LogP contribution in [-0.4, -0.2) is 50.8 Å². The van der Waals surface area contributed by atoms with Gasteiger partial charge in [0.2, 0.25) is 10.0 Å². The predicted octanol–water partition coefficient (Wildman–Crippen LogP) is 4.44. The number of benzene rings is 4. The number of hydrogen-bond donors (Lipinski definition) is 2. The molecule has 5 rings (SSSR count). The fourth-order valence-electron chi connectivity index (χ4n) is 4.83. The number of hydrogen-bond acceptors (Lipinski definition) is 7. The third kappa shape index (κ3) is 8.11. The van der Waals surface area contributed by atoms with E-state index in [2.05, 4.69) is 4.72 Å². The standard InChI is InChI=1S/C33H35NO7S/c35-33-30(34-42(36,37)28-19-11-4-12-20-28)32(40-23-27-17-9-3-10-18-27)31(39-22-26-15-7-2-8-16-26)29(41-33)24-38-21-25-13-5-1-6-14-25/h1-20,29-35H,21-24H2/t29-,30-,31-,32-,33-/m1/s1. The van der Waals surface area contributed by atoms with E-state index in [0.29, 0.717) is 6.61 Å². The molecule has 8 nitrogen and oxygen atoms in total. The van der Waals surface area contributed by atoms with E-state index in [1.165, 1.54) is 12.1 Å². The zero-order valence-corrected chi connectivity index (χ0v) is 23.9. The van der Waals surface area contributed by atoms with Crippen LogP contribution in [0.1, 0.15) is 16.7 Å². The van der Waals surface area contributed by atoms with Crippen LogP contribution in [0.3, 0.4) is 0 Å². The molecule has 1 aliphatic rings. The minimum atomic E-state index is -4.03. The normalized spacial score (nSPS) is 22.5. The van der Waals surface area contributed by atoms with Crippen molar-refractivity contribution in [2.24, 2.45) is 0 Å². The first-order valence-corrected chi connectivity index (χ1v) is 15.3. The van der Waals surface area contributed by atoms with E-state index in [0.717, 1.165) is 16.7 Å². The third-order valence-corrected chi connectivity index (χ3v) is 8.45. The highest BCUT2D eigenvalue weighted by molar-refractivity contribution is 7.89. The van der Waals surface area contributed by atoms with E-state index in [-0.39, 0.29) is 24.7 Å². The molecule has 0 amide bonds. The van der Waals surface area contributed by atoms with Gasteiger partial charge in [-0.15, -0.1) is 0 Å². The van der Waals surface area contributed by atoms with Crippen LogP contribution in [0.15, 0.2) is 126 Å². The molecule has 0 radical (unpaired) electrons. The van der Waals surface area contributed by atoms with Crippen molar-refractivity contribution in [3.05, 3.63) is 138 Å². The van der Waals surface area contributed by atoms with E-state index in [9.17, 15) is 13.5 Å². The zero-order valence-electron chi connectivity index (χ0n) is 23.1. The van der Waals surface area contributed by atoms with Crippen molar-refractivity contribution in [2.75, 3.05) is 6.61 Å². The van der Waals surface area contributed by atoms with E-state index >= 15 is 0 Å². The highest BCUT2D eigenvalue weighted by atomic mass is 32.2. The molecule has 1 aliphatic heterocycles. The maximum absolute atomic E-state index is 13.4. The highest BCUT2D eigenvalue weighted by Crippen LogP contribution is 2.29. The SMILES string of the molecule is O=S(=O)(N[C@@H]1[C@@H](OCc2ccccc2)[C@H](OCc2ccccc2)[C@@H](COCc2ccccc2)O[C@H]1O)c1ccccc1. The van der Waals surface area contributed by atoms with Crippen LogP contribution in [0.25, 0.3) is 0 Å². The maximum atomic E-state index is 13.4. The summed E-state index contributed by atoms with van der Waals surface area (Å²) in [6.45, 7) is 0.824. The van der Waals surface area contributed by atoms with Gasteiger partial charge in [0.1, 0.15) is 24.4 Å². The van der Waals surface area contributed by atoms with Crippen LogP contribution >= 0.6 is 0 Å². The summed E-state index contributed by atoms with van der Waals surface area (Å²) in [5, 5.41) is 11.2. The Morgan fingerprint density at radius 1 is 0.643 bits per heavy atom. The molecule has 0 aliphatic carbocycles. The van der Waals surface area contributed by atoms with Crippen LogP contribution in [-0.2, 0) is 48.8 Å². The van der Waals surface area contributed by atoms with E-state index in [1.807, 2.05) is 91.0 Å². The lowest BCUT2D eigenvalue weighted by molar-refractivity contribution is -0.276. The number of nitrogens with one attached hydrogen (secondary N) is 1. The average molecular weight is 590 g/mol. The molecule has 5 atom stereocenters. The minimum Gasteiger partial charge on any atom is -0.374 e. The van der Waals surface area contributed by atoms with Crippen LogP contribution < -0.4 is 4.72 Å². The van der Waals surface area contributed by atoms with Gasteiger partial charge in [0.05, 0.1) is 31.3 Å². The number of aliphatic hydroxyl groups excluding tert-OH is 1. The van der Waals surface area contributed by atoms with E-state index in [1.54, 1.807) is 18.2 Å². The number of rotatable bonds is 13. The first kappa shape index (κ1) is 30.1. The van der Waals surface area contributed by atoms with Gasteiger partial charge in [-0.05, 0) is 28.8 Å². The van der Waals surface area contributed by atoms with Gasteiger partial charge < -0.3 is 24.1 Å². The Labute approximate surface area is 246 Å². The molecule has 0 saturated carbocycles. The zero-order chi connectivity index (χ0) is 29.2. The topological polar surface area (TPSA) is 103 Å². The summed E-state index contributed by atoms with van der Waals surface area (Å²) in [6, 6.07) is 35.7. The molecule has 1 heterocycles. The van der Waals surface area contributed by atoms with Crippen LogP contribution in [0.5, 0.6) is 0 Å². The minimum absolute atomic E-state index is 0.0640. The molecule has 0 aromatic heterocycles. The quantitative estimate of drug-likeness (QED) is 0.238. The van der Waals surface area contributed by atoms with Gasteiger partial charge in [-0.25, -0.2) is 13.1 Å². The summed E-state index contributed by atoms with van der Waals surface area (Å²) >= 11 is 0. The summed E-state index contributed by atoms with van der Waals surface area (Å²) in [5.41, 5.74) is 2.80. The summed E-state index contributed by atoms with van der Waals surface area (Å²) in [7, 11) is -4.03. The Morgan fingerprint density at radius 2 is 1.10 bits per heavy atom. The maximum Gasteiger partial charge on any atom is 0.241 e. The molecule has 2 N–H and O–H groups in total. The Morgan fingerprint density at radius 3 is 1.62 bits per heavy atom. The Balaban J connectivity index is 1.42. The molecule has 0 spiro atoms. The van der Waals surface area contributed by atoms with Gasteiger partial charge >= 0.3 is 0 Å². The molecule has 4 aromatic rings. The molecule has 1 saturated heterocycles. The van der Waals surface area contributed by atoms with Crippen molar-refractivity contribution >= 4 is 10.0 Å². The Kier molecular flexibility index (Phi) is 10.5. The van der Waals surface area contributed by atoms with Crippen molar-refractivity contribution < 1.29 is 32.5 Å². The largest absolute Gasteiger partial charge is 0.374 e. The van der Waals surface area contributed by atoms with Gasteiger partial charge in [0.25, 0.3) is 0 Å². The lowest BCUT2D eigenvalue weighted by Crippen LogP contribution is -2.65. The molecule has 4 aromatic carbocycles. The third-order valence-electron chi connectivity index (χ3n) is 6.97. The van der Waals surface area contributed by atoms with E-state index < -0.39 is 40.7 Å². The van der Waals surface area contributed by atoms with Gasteiger partial charge in [-0.1, -0.05) is 109 Å². The second-order valence-corrected chi connectivity index (χ2v) is 11.8. The van der Waals surface area contributed by atoms with Crippen molar-refractivity contribution in [3.63, 3.8) is 0 Å². The second kappa shape index (κ2) is 14.7. The Hall–Kier alpha value is -3.41. The number of sulfonamides is 1.